The van der Waals surface area contributed by atoms with Crippen LogP contribution in [0.25, 0.3) is 0 Å². The Kier molecular flexibility index (Phi) is 3.27. The van der Waals surface area contributed by atoms with Gasteiger partial charge < -0.3 is 5.32 Å². The Morgan fingerprint density at radius 1 is 1.43 bits per heavy atom. The van der Waals surface area contributed by atoms with Crippen molar-refractivity contribution < 1.29 is 4.21 Å². The molecule has 0 spiro atoms. The Morgan fingerprint density at radius 3 is 2.71 bits per heavy atom. The van der Waals surface area contributed by atoms with Gasteiger partial charge in [0, 0.05) is 34.9 Å². The molecule has 0 radical (unpaired) electrons. The topological polar surface area (TPSA) is 29.1 Å². The van der Waals surface area contributed by atoms with Crippen LogP contribution in [0.5, 0.6) is 0 Å². The standard InChI is InChI=1S/C11H21NOS/c1-8(7-14(2)13)12-11-6-9-3-4-10(11)5-9/h8-12H,3-7H2,1-2H3. The fourth-order valence-corrected chi connectivity index (χ4v) is 4.01. The van der Waals surface area contributed by atoms with E-state index in [1.54, 1.807) is 6.26 Å². The van der Waals surface area contributed by atoms with Crippen molar-refractivity contribution in [1.29, 1.82) is 0 Å². The summed E-state index contributed by atoms with van der Waals surface area (Å²) >= 11 is 0. The third-order valence-electron chi connectivity index (χ3n) is 3.72. The summed E-state index contributed by atoms with van der Waals surface area (Å²) in [6.45, 7) is 2.16. The zero-order valence-corrected chi connectivity index (χ0v) is 9.98. The molecule has 0 amide bonds. The van der Waals surface area contributed by atoms with E-state index >= 15 is 0 Å². The average molecular weight is 215 g/mol. The Morgan fingerprint density at radius 2 is 2.21 bits per heavy atom. The summed E-state index contributed by atoms with van der Waals surface area (Å²) in [5.41, 5.74) is 0. The third kappa shape index (κ3) is 2.37. The zero-order valence-electron chi connectivity index (χ0n) is 9.16. The molecule has 1 N–H and O–H groups in total. The molecule has 2 rings (SSSR count). The lowest BCUT2D eigenvalue weighted by Gasteiger charge is -2.26. The third-order valence-corrected chi connectivity index (χ3v) is 4.69. The summed E-state index contributed by atoms with van der Waals surface area (Å²) in [7, 11) is -0.660. The van der Waals surface area contributed by atoms with Crippen LogP contribution in [-0.2, 0) is 10.8 Å². The maximum atomic E-state index is 11.1. The summed E-state index contributed by atoms with van der Waals surface area (Å²) in [6, 6.07) is 1.15. The Bertz CT molecular complexity index is 231. The lowest BCUT2D eigenvalue weighted by molar-refractivity contribution is 0.333. The number of hydrogen-bond acceptors (Lipinski definition) is 2. The van der Waals surface area contributed by atoms with Gasteiger partial charge in [-0.05, 0) is 38.0 Å². The first-order valence-corrected chi connectivity index (χ1v) is 7.44. The van der Waals surface area contributed by atoms with E-state index in [4.69, 9.17) is 0 Å². The smallest absolute Gasteiger partial charge is 0.0383 e. The van der Waals surface area contributed by atoms with Crippen molar-refractivity contribution in [2.24, 2.45) is 11.8 Å². The van der Waals surface area contributed by atoms with E-state index in [-0.39, 0.29) is 0 Å². The van der Waals surface area contributed by atoms with Gasteiger partial charge in [-0.25, -0.2) is 0 Å². The molecule has 0 aromatic rings. The molecule has 2 saturated carbocycles. The minimum atomic E-state index is -0.660. The van der Waals surface area contributed by atoms with Crippen LogP contribution in [0.15, 0.2) is 0 Å². The average Bonchev–Trinajstić information content (AvgIpc) is 2.62. The summed E-state index contributed by atoms with van der Waals surface area (Å²) < 4.78 is 11.1. The molecule has 5 unspecified atom stereocenters. The molecule has 0 aliphatic heterocycles. The van der Waals surface area contributed by atoms with Crippen molar-refractivity contribution >= 4 is 10.8 Å². The van der Waals surface area contributed by atoms with Crippen molar-refractivity contribution in [3.05, 3.63) is 0 Å². The fraction of sp³-hybridized carbons (Fsp3) is 1.00. The van der Waals surface area contributed by atoms with Crippen LogP contribution in [0, 0.1) is 11.8 Å². The Labute approximate surface area is 89.3 Å². The van der Waals surface area contributed by atoms with Crippen molar-refractivity contribution in [3.63, 3.8) is 0 Å². The van der Waals surface area contributed by atoms with Gasteiger partial charge in [-0.15, -0.1) is 0 Å². The molecule has 3 heteroatoms. The van der Waals surface area contributed by atoms with Gasteiger partial charge in [0.25, 0.3) is 0 Å². The van der Waals surface area contributed by atoms with Crippen LogP contribution in [0.4, 0.5) is 0 Å². The summed E-state index contributed by atoms with van der Waals surface area (Å²) in [5, 5.41) is 3.65. The van der Waals surface area contributed by atoms with Gasteiger partial charge in [-0.2, -0.15) is 0 Å². The highest BCUT2D eigenvalue weighted by molar-refractivity contribution is 7.84. The number of hydrogen-bond donors (Lipinski definition) is 1. The highest BCUT2D eigenvalue weighted by Gasteiger charge is 2.39. The SMILES string of the molecule is CC(CS(C)=O)NC1CC2CCC1C2. The molecule has 0 aromatic carbocycles. The zero-order chi connectivity index (χ0) is 10.1. The molecule has 82 valence electrons. The van der Waals surface area contributed by atoms with Gasteiger partial charge in [-0.3, -0.25) is 4.21 Å². The van der Waals surface area contributed by atoms with Gasteiger partial charge >= 0.3 is 0 Å². The van der Waals surface area contributed by atoms with E-state index in [1.165, 1.54) is 25.7 Å². The number of fused-ring (bicyclic) bond motifs is 2. The van der Waals surface area contributed by atoms with E-state index in [2.05, 4.69) is 12.2 Å². The van der Waals surface area contributed by atoms with Crippen LogP contribution in [0.3, 0.4) is 0 Å². The van der Waals surface area contributed by atoms with Crippen LogP contribution in [-0.4, -0.2) is 28.3 Å². The van der Waals surface area contributed by atoms with Gasteiger partial charge in [0.1, 0.15) is 0 Å². The van der Waals surface area contributed by atoms with E-state index in [0.29, 0.717) is 6.04 Å². The predicted molar refractivity (Wildman–Crippen MR) is 60.8 cm³/mol. The first-order chi connectivity index (χ1) is 6.65. The van der Waals surface area contributed by atoms with Crippen molar-refractivity contribution in [3.8, 4) is 0 Å². The van der Waals surface area contributed by atoms with Crippen LogP contribution in [0.2, 0.25) is 0 Å². The maximum absolute atomic E-state index is 11.1. The largest absolute Gasteiger partial charge is 0.310 e. The van der Waals surface area contributed by atoms with Gasteiger partial charge in [0.2, 0.25) is 0 Å². The fourth-order valence-electron chi connectivity index (χ4n) is 3.21. The molecule has 2 aliphatic rings. The lowest BCUT2D eigenvalue weighted by Crippen LogP contribution is -2.42. The van der Waals surface area contributed by atoms with Crippen molar-refractivity contribution in [1.82, 2.24) is 5.32 Å². The normalized spacial score (nSPS) is 40.0. The van der Waals surface area contributed by atoms with Gasteiger partial charge in [0.05, 0.1) is 0 Å². The first kappa shape index (κ1) is 10.6. The van der Waals surface area contributed by atoms with Crippen molar-refractivity contribution in [2.45, 2.75) is 44.7 Å². The second kappa shape index (κ2) is 4.31. The molecular weight excluding hydrogens is 194 g/mol. The highest BCUT2D eigenvalue weighted by Crippen LogP contribution is 2.44. The summed E-state index contributed by atoms with van der Waals surface area (Å²) in [4.78, 5) is 0. The van der Waals surface area contributed by atoms with Crippen LogP contribution < -0.4 is 5.32 Å². The molecule has 2 fully saturated rings. The highest BCUT2D eigenvalue weighted by atomic mass is 32.2. The minimum Gasteiger partial charge on any atom is -0.310 e. The van der Waals surface area contributed by atoms with Crippen LogP contribution >= 0.6 is 0 Å². The molecule has 0 saturated heterocycles. The molecule has 2 aliphatic carbocycles. The predicted octanol–water partition coefficient (Wildman–Crippen LogP) is 1.53. The van der Waals surface area contributed by atoms with Crippen molar-refractivity contribution in [2.75, 3.05) is 12.0 Å². The molecule has 2 nitrogen and oxygen atoms in total. The molecule has 0 heterocycles. The van der Waals surface area contributed by atoms with E-state index in [1.807, 2.05) is 0 Å². The molecular formula is C11H21NOS. The van der Waals surface area contributed by atoms with E-state index in [0.717, 1.165) is 23.6 Å². The van der Waals surface area contributed by atoms with Crippen LogP contribution in [0.1, 0.15) is 32.6 Å². The number of nitrogens with one attached hydrogen (secondary N) is 1. The quantitative estimate of drug-likeness (QED) is 0.770. The summed E-state index contributed by atoms with van der Waals surface area (Å²) in [6.07, 6.45) is 7.48. The molecule has 0 aromatic heterocycles. The van der Waals surface area contributed by atoms with E-state index in [9.17, 15) is 4.21 Å². The van der Waals surface area contributed by atoms with Gasteiger partial charge in [-0.1, -0.05) is 6.42 Å². The Balaban J connectivity index is 1.78. The molecule has 14 heavy (non-hydrogen) atoms. The monoisotopic (exact) mass is 215 g/mol. The molecule has 5 atom stereocenters. The minimum absolute atomic E-state index is 0.421. The lowest BCUT2D eigenvalue weighted by atomic mass is 9.95. The number of rotatable bonds is 4. The maximum Gasteiger partial charge on any atom is 0.0383 e. The first-order valence-electron chi connectivity index (χ1n) is 5.71. The Hall–Kier alpha value is 0.110. The second-order valence-electron chi connectivity index (χ2n) is 5.09. The van der Waals surface area contributed by atoms with Gasteiger partial charge in [0.15, 0.2) is 0 Å². The van der Waals surface area contributed by atoms with E-state index < -0.39 is 10.8 Å². The molecule has 2 bridgehead atoms. The second-order valence-corrected chi connectivity index (χ2v) is 6.57. The summed E-state index contributed by atoms with van der Waals surface area (Å²) in [5.74, 6) is 2.72.